The van der Waals surface area contributed by atoms with Gasteiger partial charge in [0.25, 0.3) is 0 Å². The molecule has 0 heterocycles. The third kappa shape index (κ3) is 4.98. The van der Waals surface area contributed by atoms with Crippen molar-refractivity contribution >= 4 is 10.4 Å². The minimum absolute atomic E-state index is 0.0265. The summed E-state index contributed by atoms with van der Waals surface area (Å²) in [5.41, 5.74) is -0.00993. The first-order chi connectivity index (χ1) is 16.2. The van der Waals surface area contributed by atoms with Gasteiger partial charge < -0.3 is 10.2 Å². The van der Waals surface area contributed by atoms with Gasteiger partial charge in [0.05, 0.1) is 18.3 Å². The van der Waals surface area contributed by atoms with Gasteiger partial charge in [0.1, 0.15) is 0 Å². The van der Waals surface area contributed by atoms with Crippen LogP contribution in [0.4, 0.5) is 0 Å². The number of aliphatic hydroxyl groups excluding tert-OH is 2. The van der Waals surface area contributed by atoms with Crippen LogP contribution in [-0.4, -0.2) is 41.5 Å². The summed E-state index contributed by atoms with van der Waals surface area (Å²) in [4.78, 5) is 0. The molecule has 4 saturated carbocycles. The van der Waals surface area contributed by atoms with Crippen LogP contribution in [0.15, 0.2) is 0 Å². The van der Waals surface area contributed by atoms with Crippen molar-refractivity contribution in [2.24, 2.45) is 58.2 Å². The van der Waals surface area contributed by atoms with Crippen molar-refractivity contribution < 1.29 is 27.4 Å². The van der Waals surface area contributed by atoms with Gasteiger partial charge in [0.15, 0.2) is 0 Å². The second-order valence-corrected chi connectivity index (χ2v) is 14.9. The minimum Gasteiger partial charge on any atom is -0.393 e. The molecule has 0 aliphatic heterocycles. The predicted molar refractivity (Wildman–Crippen MR) is 137 cm³/mol. The Bertz CT molecular complexity index is 860. The summed E-state index contributed by atoms with van der Waals surface area (Å²) in [5.74, 6) is 2.86. The molecule has 0 bridgehead atoms. The molecule has 0 radical (unpaired) electrons. The van der Waals surface area contributed by atoms with Crippen LogP contribution in [0.25, 0.3) is 0 Å². The third-order valence-electron chi connectivity index (χ3n) is 11.7. The average Bonchev–Trinajstić information content (AvgIpc) is 3.10. The zero-order valence-electron chi connectivity index (χ0n) is 22.7. The third-order valence-corrected chi connectivity index (χ3v) is 12.2. The van der Waals surface area contributed by atoms with E-state index in [9.17, 15) is 23.2 Å². The zero-order valence-corrected chi connectivity index (χ0v) is 23.5. The molecule has 7 unspecified atom stereocenters. The first-order valence-corrected chi connectivity index (χ1v) is 15.6. The summed E-state index contributed by atoms with van der Waals surface area (Å²) in [5, 5.41) is 23.2. The highest BCUT2D eigenvalue weighted by Crippen LogP contribution is 2.68. The molecule has 7 heteroatoms. The van der Waals surface area contributed by atoms with E-state index in [0.29, 0.717) is 36.0 Å². The Labute approximate surface area is 213 Å². The maximum absolute atomic E-state index is 11.7. The molecular weight excluding hydrogens is 464 g/mol. The van der Waals surface area contributed by atoms with E-state index >= 15 is 0 Å². The van der Waals surface area contributed by atoms with Crippen LogP contribution in [0.5, 0.6) is 0 Å². The molecule has 0 spiro atoms. The molecule has 4 aliphatic carbocycles. The van der Waals surface area contributed by atoms with Gasteiger partial charge in [-0.1, -0.05) is 48.0 Å². The molecular formula is C28H50O6S. The van der Waals surface area contributed by atoms with Crippen molar-refractivity contribution in [2.75, 3.05) is 0 Å². The van der Waals surface area contributed by atoms with Crippen molar-refractivity contribution in [2.45, 2.75) is 118 Å². The highest BCUT2D eigenvalue weighted by atomic mass is 32.3. The van der Waals surface area contributed by atoms with Gasteiger partial charge >= 0.3 is 10.4 Å². The van der Waals surface area contributed by atoms with Crippen LogP contribution in [0.1, 0.15) is 99.3 Å². The first-order valence-electron chi connectivity index (χ1n) is 14.2. The van der Waals surface area contributed by atoms with Crippen molar-refractivity contribution in [1.29, 1.82) is 0 Å². The molecule has 4 aliphatic rings. The highest BCUT2D eigenvalue weighted by Gasteiger charge is 2.65. The number of fused-ring (bicyclic) bond motifs is 5. The van der Waals surface area contributed by atoms with E-state index in [0.717, 1.165) is 38.0 Å². The van der Waals surface area contributed by atoms with Crippen LogP contribution in [0.2, 0.25) is 0 Å². The van der Waals surface area contributed by atoms with Crippen LogP contribution in [0, 0.1) is 58.2 Å². The lowest BCUT2D eigenvalue weighted by Crippen LogP contribution is -2.62. The van der Waals surface area contributed by atoms with Gasteiger partial charge in [0, 0.05) is 0 Å². The van der Waals surface area contributed by atoms with E-state index < -0.39 is 16.5 Å². The Balaban J connectivity index is 1.51. The van der Waals surface area contributed by atoms with Gasteiger partial charge in [0.2, 0.25) is 0 Å². The molecule has 12 atom stereocenters. The quantitative estimate of drug-likeness (QED) is 0.389. The fourth-order valence-corrected chi connectivity index (χ4v) is 10.3. The number of aliphatic hydroxyl groups is 2. The fourth-order valence-electron chi connectivity index (χ4n) is 9.65. The molecule has 4 rings (SSSR count). The van der Waals surface area contributed by atoms with Gasteiger partial charge in [-0.25, -0.2) is 4.18 Å². The average molecular weight is 515 g/mol. The van der Waals surface area contributed by atoms with E-state index in [4.69, 9.17) is 4.18 Å². The lowest BCUT2D eigenvalue weighted by Gasteiger charge is -2.63. The monoisotopic (exact) mass is 514 g/mol. The zero-order chi connectivity index (χ0) is 25.9. The molecule has 204 valence electrons. The highest BCUT2D eigenvalue weighted by molar-refractivity contribution is 7.80. The molecule has 6 nitrogen and oxygen atoms in total. The molecule has 0 saturated heterocycles. The van der Waals surface area contributed by atoms with Crippen LogP contribution in [-0.2, 0) is 14.6 Å². The fraction of sp³-hybridized carbons (Fsp3) is 1.00. The summed E-state index contributed by atoms with van der Waals surface area (Å²) >= 11 is 0. The topological polar surface area (TPSA) is 104 Å². The molecule has 0 amide bonds. The normalized spacial score (nSPS) is 47.6. The van der Waals surface area contributed by atoms with Gasteiger partial charge in [-0.3, -0.25) is 4.55 Å². The predicted octanol–water partition coefficient (Wildman–Crippen LogP) is 5.48. The van der Waals surface area contributed by atoms with Crippen molar-refractivity contribution in [3.05, 3.63) is 0 Å². The summed E-state index contributed by atoms with van der Waals surface area (Å²) < 4.78 is 36.8. The Morgan fingerprint density at radius 2 is 1.66 bits per heavy atom. The van der Waals surface area contributed by atoms with Crippen molar-refractivity contribution in [3.63, 3.8) is 0 Å². The standard InChI is InChI=1S/C28H50O6S/c1-16(2)24(34-35(31,32)33)10-7-18(4)20-8-9-21-26-22(15-25(30)28(20,21)6)27(5)12-11-17(3)13-19(27)14-23(26)29/h16-26,29-30H,7-15H2,1-6H3,(H,31,32,33)/t17-,18+,19+,20?,21?,22?,23?,24?,25?,26?,27-,28+/m0/s1. The SMILES string of the molecule is CC(C)C(CC[C@@H](C)C1CCC2C3C(O)C[C@H]4C[C@@H](C)CC[C@]4(C)C3CC(O)[C@@]21C)OS(=O)(=O)O. The number of rotatable bonds is 7. The van der Waals surface area contributed by atoms with E-state index in [1.54, 1.807) is 0 Å². The Kier molecular flexibility index (Phi) is 7.81. The first kappa shape index (κ1) is 27.8. The largest absolute Gasteiger partial charge is 0.397 e. The lowest BCUT2D eigenvalue weighted by molar-refractivity contribution is -0.203. The lowest BCUT2D eigenvalue weighted by atomic mass is 9.42. The Hall–Kier alpha value is -0.210. The smallest absolute Gasteiger partial charge is 0.393 e. The number of hydrogen-bond donors (Lipinski definition) is 3. The summed E-state index contributed by atoms with van der Waals surface area (Å²) in [6, 6.07) is 0. The van der Waals surface area contributed by atoms with Gasteiger partial charge in [-0.05, 0) is 110 Å². The molecule has 0 aromatic rings. The van der Waals surface area contributed by atoms with E-state index in [2.05, 4.69) is 27.7 Å². The second kappa shape index (κ2) is 9.83. The molecule has 0 aromatic heterocycles. The molecule has 3 N–H and O–H groups in total. The second-order valence-electron chi connectivity index (χ2n) is 13.8. The van der Waals surface area contributed by atoms with E-state index in [-0.39, 0.29) is 34.9 Å². The summed E-state index contributed by atoms with van der Waals surface area (Å²) in [7, 11) is -4.48. The molecule has 0 aromatic carbocycles. The van der Waals surface area contributed by atoms with Gasteiger partial charge in [-0.15, -0.1) is 0 Å². The maximum atomic E-state index is 11.7. The number of hydrogen-bond acceptors (Lipinski definition) is 5. The van der Waals surface area contributed by atoms with Crippen LogP contribution >= 0.6 is 0 Å². The summed E-state index contributed by atoms with van der Waals surface area (Å²) in [6.07, 6.45) is 7.60. The van der Waals surface area contributed by atoms with Crippen LogP contribution in [0.3, 0.4) is 0 Å². The van der Waals surface area contributed by atoms with E-state index in [1.807, 2.05) is 13.8 Å². The Morgan fingerprint density at radius 3 is 2.29 bits per heavy atom. The van der Waals surface area contributed by atoms with Crippen molar-refractivity contribution in [3.8, 4) is 0 Å². The van der Waals surface area contributed by atoms with Gasteiger partial charge in [-0.2, -0.15) is 8.42 Å². The minimum atomic E-state index is -4.48. The Morgan fingerprint density at radius 1 is 0.971 bits per heavy atom. The molecule has 35 heavy (non-hydrogen) atoms. The molecule has 4 fully saturated rings. The summed E-state index contributed by atoms with van der Waals surface area (Å²) in [6.45, 7) is 13.1. The van der Waals surface area contributed by atoms with Crippen LogP contribution < -0.4 is 0 Å². The van der Waals surface area contributed by atoms with E-state index in [1.165, 1.54) is 19.3 Å². The van der Waals surface area contributed by atoms with Crippen molar-refractivity contribution in [1.82, 2.24) is 0 Å². The maximum Gasteiger partial charge on any atom is 0.397 e.